The highest BCUT2D eigenvalue weighted by Gasteiger charge is 2.24. The van der Waals surface area contributed by atoms with Crippen molar-refractivity contribution in [2.45, 2.75) is 32.2 Å². The Kier molecular flexibility index (Phi) is 4.77. The van der Waals surface area contributed by atoms with Gasteiger partial charge < -0.3 is 9.30 Å². The molecule has 5 rings (SSSR count). The van der Waals surface area contributed by atoms with Gasteiger partial charge in [0, 0.05) is 48.3 Å². The summed E-state index contributed by atoms with van der Waals surface area (Å²) in [6.45, 7) is 9.85. The number of fused-ring (bicyclic) bond motifs is 1. The maximum atomic E-state index is 5.49. The number of morpholine rings is 1. The summed E-state index contributed by atoms with van der Waals surface area (Å²) in [5.74, 6) is 0. The molecule has 1 fully saturated rings. The van der Waals surface area contributed by atoms with Crippen LogP contribution in [0.4, 0.5) is 0 Å². The molecule has 1 atom stereocenters. The number of allylic oxidation sites excluding steroid dienone is 2. The molecule has 1 saturated heterocycles. The van der Waals surface area contributed by atoms with Crippen LogP contribution in [0, 0.1) is 0 Å². The van der Waals surface area contributed by atoms with Crippen LogP contribution in [-0.4, -0.2) is 62.0 Å². The van der Waals surface area contributed by atoms with Crippen LogP contribution in [0.25, 0.3) is 33.6 Å². The number of hydrogen-bond donors (Lipinski definition) is 1. The molecule has 3 aromatic heterocycles. The van der Waals surface area contributed by atoms with Gasteiger partial charge >= 0.3 is 0 Å². The van der Waals surface area contributed by atoms with Crippen molar-refractivity contribution >= 4 is 22.4 Å². The predicted molar refractivity (Wildman–Crippen MR) is 114 cm³/mol. The minimum Gasteiger partial charge on any atom is -0.379 e. The van der Waals surface area contributed by atoms with Crippen LogP contribution < -0.4 is 0 Å². The molecule has 2 aliphatic rings. The second kappa shape index (κ2) is 7.57. The fraction of sp³-hybridized carbons (Fsp3) is 0.409. The van der Waals surface area contributed by atoms with Gasteiger partial charge in [-0.1, -0.05) is 12.7 Å². The van der Waals surface area contributed by atoms with Crippen molar-refractivity contribution in [1.82, 2.24) is 29.6 Å². The van der Waals surface area contributed by atoms with Gasteiger partial charge in [-0.15, -0.1) is 0 Å². The van der Waals surface area contributed by atoms with Crippen molar-refractivity contribution in [3.8, 4) is 11.1 Å². The Morgan fingerprint density at radius 1 is 1.28 bits per heavy atom. The van der Waals surface area contributed by atoms with Crippen LogP contribution in [0.2, 0.25) is 0 Å². The van der Waals surface area contributed by atoms with E-state index in [2.05, 4.69) is 27.8 Å². The number of H-pyrrole nitrogens is 1. The second-order valence-electron chi connectivity index (χ2n) is 7.87. The van der Waals surface area contributed by atoms with Gasteiger partial charge in [0.15, 0.2) is 5.65 Å². The van der Waals surface area contributed by atoms with E-state index in [-0.39, 0.29) is 0 Å². The first-order chi connectivity index (χ1) is 14.2. The molecule has 1 aliphatic carbocycles. The Labute approximate surface area is 170 Å². The van der Waals surface area contributed by atoms with Gasteiger partial charge in [-0.3, -0.25) is 10.00 Å². The second-order valence-corrected chi connectivity index (χ2v) is 7.87. The van der Waals surface area contributed by atoms with E-state index in [1.54, 1.807) is 0 Å². The molecular weight excluding hydrogens is 364 g/mol. The first-order valence-corrected chi connectivity index (χ1v) is 10.2. The topological polar surface area (TPSA) is 71.9 Å². The molecule has 150 valence electrons. The lowest BCUT2D eigenvalue weighted by Crippen LogP contribution is -2.43. The minimum atomic E-state index is 0.616. The minimum absolute atomic E-state index is 0.616. The SMILES string of the molecule is C=C(C)n1cc(-c2cn[nH]c2)c2nc(C3=CCC(N4CCOCC4)CC3)cnc21. The quantitative estimate of drug-likeness (QED) is 0.737. The Bertz CT molecular complexity index is 1060. The summed E-state index contributed by atoms with van der Waals surface area (Å²) in [6.07, 6.45) is 13.3. The zero-order chi connectivity index (χ0) is 19.8. The van der Waals surface area contributed by atoms with Crippen LogP contribution in [-0.2, 0) is 4.74 Å². The summed E-state index contributed by atoms with van der Waals surface area (Å²) in [5, 5.41) is 6.99. The summed E-state index contributed by atoms with van der Waals surface area (Å²) in [6, 6.07) is 0.616. The Balaban J connectivity index is 1.47. The van der Waals surface area contributed by atoms with Crippen LogP contribution in [0.3, 0.4) is 0 Å². The third kappa shape index (κ3) is 3.41. The fourth-order valence-electron chi connectivity index (χ4n) is 4.37. The van der Waals surface area contributed by atoms with Gasteiger partial charge in [-0.25, -0.2) is 9.97 Å². The summed E-state index contributed by atoms with van der Waals surface area (Å²) in [7, 11) is 0. The molecule has 0 bridgehead atoms. The number of ether oxygens (including phenoxy) is 1. The lowest BCUT2D eigenvalue weighted by molar-refractivity contribution is 0.0150. The van der Waals surface area contributed by atoms with Gasteiger partial charge in [-0.2, -0.15) is 5.10 Å². The average Bonchev–Trinajstić information content (AvgIpc) is 3.42. The first kappa shape index (κ1) is 18.3. The van der Waals surface area contributed by atoms with Crippen molar-refractivity contribution in [3.05, 3.63) is 43.1 Å². The maximum absolute atomic E-state index is 5.49. The number of nitrogens with zero attached hydrogens (tertiary/aromatic N) is 5. The Morgan fingerprint density at radius 2 is 2.14 bits per heavy atom. The molecular formula is C22H26N6O. The van der Waals surface area contributed by atoms with E-state index in [4.69, 9.17) is 14.7 Å². The van der Waals surface area contributed by atoms with E-state index in [1.165, 1.54) is 5.57 Å². The largest absolute Gasteiger partial charge is 0.379 e. The molecule has 4 heterocycles. The van der Waals surface area contributed by atoms with E-state index in [9.17, 15) is 0 Å². The zero-order valence-electron chi connectivity index (χ0n) is 16.8. The van der Waals surface area contributed by atoms with E-state index < -0.39 is 0 Å². The average molecular weight is 390 g/mol. The van der Waals surface area contributed by atoms with Gasteiger partial charge in [0.2, 0.25) is 0 Å². The number of nitrogens with one attached hydrogen (secondary N) is 1. The van der Waals surface area contributed by atoms with E-state index >= 15 is 0 Å². The third-order valence-electron chi connectivity index (χ3n) is 5.99. The van der Waals surface area contributed by atoms with Gasteiger partial charge in [0.05, 0.1) is 31.3 Å². The monoisotopic (exact) mass is 390 g/mol. The van der Waals surface area contributed by atoms with Crippen molar-refractivity contribution in [2.75, 3.05) is 26.3 Å². The van der Waals surface area contributed by atoms with Crippen LogP contribution in [0.1, 0.15) is 31.9 Å². The van der Waals surface area contributed by atoms with Crippen molar-refractivity contribution in [2.24, 2.45) is 0 Å². The number of aromatic nitrogens is 5. The smallest absolute Gasteiger partial charge is 0.163 e. The molecule has 29 heavy (non-hydrogen) atoms. The third-order valence-corrected chi connectivity index (χ3v) is 5.99. The van der Waals surface area contributed by atoms with E-state index in [0.29, 0.717) is 6.04 Å². The van der Waals surface area contributed by atoms with Gasteiger partial charge in [-0.05, 0) is 31.8 Å². The molecule has 3 aromatic rings. The molecule has 7 heteroatoms. The zero-order valence-corrected chi connectivity index (χ0v) is 16.8. The standard InChI is InChI=1S/C22H26N6O/c1-15(2)28-14-19(17-11-24-25-12-17)21-22(28)23-13-20(26-21)16-3-5-18(6-4-16)27-7-9-29-10-8-27/h3,11-14,18H,1,4-10H2,2H3,(H,24,25). The highest BCUT2D eigenvalue weighted by molar-refractivity contribution is 5.93. The fourth-order valence-corrected chi connectivity index (χ4v) is 4.37. The molecule has 1 N–H and O–H groups in total. The predicted octanol–water partition coefficient (Wildman–Crippen LogP) is 3.58. The van der Waals surface area contributed by atoms with Gasteiger partial charge in [0.25, 0.3) is 0 Å². The lowest BCUT2D eigenvalue weighted by atomic mass is 9.92. The van der Waals surface area contributed by atoms with Crippen molar-refractivity contribution < 1.29 is 4.74 Å². The summed E-state index contributed by atoms with van der Waals surface area (Å²) in [4.78, 5) is 12.4. The number of rotatable bonds is 4. The molecule has 0 amide bonds. The Hall–Kier alpha value is -2.77. The van der Waals surface area contributed by atoms with Crippen LogP contribution in [0.15, 0.2) is 37.4 Å². The van der Waals surface area contributed by atoms with Crippen LogP contribution in [0.5, 0.6) is 0 Å². The highest BCUT2D eigenvalue weighted by Crippen LogP contribution is 2.33. The van der Waals surface area contributed by atoms with E-state index in [1.807, 2.05) is 36.3 Å². The molecule has 7 nitrogen and oxygen atoms in total. The Morgan fingerprint density at radius 3 is 2.83 bits per heavy atom. The first-order valence-electron chi connectivity index (χ1n) is 10.2. The molecule has 0 aromatic carbocycles. The van der Waals surface area contributed by atoms with Crippen molar-refractivity contribution in [3.63, 3.8) is 0 Å². The summed E-state index contributed by atoms with van der Waals surface area (Å²) in [5.41, 5.74) is 6.94. The number of aromatic amines is 1. The lowest BCUT2D eigenvalue weighted by Gasteiger charge is -2.36. The summed E-state index contributed by atoms with van der Waals surface area (Å²) >= 11 is 0. The maximum Gasteiger partial charge on any atom is 0.163 e. The van der Waals surface area contributed by atoms with Crippen molar-refractivity contribution in [1.29, 1.82) is 0 Å². The molecule has 1 aliphatic heterocycles. The molecule has 0 saturated carbocycles. The molecule has 0 radical (unpaired) electrons. The molecule has 1 unspecified atom stereocenters. The van der Waals surface area contributed by atoms with E-state index in [0.717, 1.165) is 79.2 Å². The van der Waals surface area contributed by atoms with Gasteiger partial charge in [0.1, 0.15) is 5.52 Å². The normalized spacial score (nSPS) is 20.7. The highest BCUT2D eigenvalue weighted by atomic mass is 16.5. The molecule has 0 spiro atoms. The summed E-state index contributed by atoms with van der Waals surface area (Å²) < 4.78 is 7.49. The van der Waals surface area contributed by atoms with Crippen LogP contribution >= 0.6 is 0 Å². The number of hydrogen-bond acceptors (Lipinski definition) is 5.